The highest BCUT2D eigenvalue weighted by Crippen LogP contribution is 2.38. The monoisotopic (exact) mass is 563 g/mol. The van der Waals surface area contributed by atoms with Crippen molar-refractivity contribution in [1.82, 2.24) is 4.98 Å². The molecule has 0 unspecified atom stereocenters. The molecule has 1 aliphatic heterocycles. The number of hydrogen-bond acceptors (Lipinski definition) is 8. The summed E-state index contributed by atoms with van der Waals surface area (Å²) in [4.78, 5) is 19.0. The van der Waals surface area contributed by atoms with Crippen LogP contribution in [0.3, 0.4) is 0 Å². The fourth-order valence-electron chi connectivity index (χ4n) is 4.67. The van der Waals surface area contributed by atoms with E-state index in [1.165, 1.54) is 17.6 Å². The molecule has 0 spiro atoms. The molecule has 0 N–H and O–H groups in total. The van der Waals surface area contributed by atoms with Gasteiger partial charge in [0.1, 0.15) is 5.75 Å². The molecule has 39 heavy (non-hydrogen) atoms. The molecule has 1 aromatic heterocycles. The van der Waals surface area contributed by atoms with E-state index in [2.05, 4.69) is 4.98 Å². The lowest BCUT2D eigenvalue weighted by molar-refractivity contribution is -0.0948. The average molecular weight is 564 g/mol. The maximum Gasteiger partial charge on any atom is 0.228 e. The minimum atomic E-state index is -3.32. The summed E-state index contributed by atoms with van der Waals surface area (Å²) in [6.45, 7) is 1.09. The molecule has 1 fully saturated rings. The number of ketones is 1. The Kier molecular flexibility index (Phi) is 7.95. The number of sulfone groups is 1. The molecule has 7 nitrogen and oxygen atoms in total. The molecule has 2 heterocycles. The fraction of sp³-hybridized carbons (Fsp3) is 0.267. The molecule has 0 atom stereocenters. The van der Waals surface area contributed by atoms with Gasteiger partial charge in [0.25, 0.3) is 0 Å². The second-order valence-electron chi connectivity index (χ2n) is 9.41. The van der Waals surface area contributed by atoms with Gasteiger partial charge in [0, 0.05) is 45.0 Å². The smallest absolute Gasteiger partial charge is 0.228 e. The van der Waals surface area contributed by atoms with Gasteiger partial charge in [-0.05, 0) is 35.4 Å². The first kappa shape index (κ1) is 27.2. The van der Waals surface area contributed by atoms with Crippen molar-refractivity contribution >= 4 is 27.0 Å². The Bertz CT molecular complexity index is 1560. The van der Waals surface area contributed by atoms with Gasteiger partial charge in [0.15, 0.2) is 21.5 Å². The molecular formula is C30H29NO6S2. The summed E-state index contributed by atoms with van der Waals surface area (Å²) >= 11 is 1.30. The molecule has 202 valence electrons. The molecule has 0 saturated carbocycles. The molecule has 0 aliphatic carbocycles. The number of methoxy groups -OCH3 is 1. The van der Waals surface area contributed by atoms with Crippen LogP contribution in [-0.2, 0) is 24.9 Å². The van der Waals surface area contributed by atoms with E-state index in [-0.39, 0.29) is 17.3 Å². The van der Waals surface area contributed by atoms with Crippen molar-refractivity contribution < 1.29 is 27.4 Å². The number of thiazole rings is 1. The Morgan fingerprint density at radius 2 is 1.69 bits per heavy atom. The summed E-state index contributed by atoms with van der Waals surface area (Å²) in [5, 5.41) is 0.324. The fourth-order valence-corrected chi connectivity index (χ4v) is 6.32. The van der Waals surface area contributed by atoms with Crippen molar-refractivity contribution in [3.8, 4) is 27.4 Å². The van der Waals surface area contributed by atoms with Crippen LogP contribution >= 0.6 is 11.3 Å². The van der Waals surface area contributed by atoms with Gasteiger partial charge in [0.2, 0.25) is 5.78 Å². The summed E-state index contributed by atoms with van der Waals surface area (Å²) in [6.07, 6.45) is 2.67. The lowest BCUT2D eigenvalue weighted by Gasteiger charge is -2.36. The van der Waals surface area contributed by atoms with Crippen LogP contribution in [0.1, 0.15) is 28.2 Å². The standard InChI is InChI=1S/C30H29NO6S2/c1-35-30(15-17-36-18-16-30)23-9-6-10-24(19-23)37-20-26(32)29-31-27(28(38-29)22-7-4-3-5-8-22)21-11-13-25(14-12-21)39(2,33)34/h3-14,19H,15-18,20H2,1-2H3. The van der Waals surface area contributed by atoms with Gasteiger partial charge in [0.05, 0.1) is 21.1 Å². The predicted octanol–water partition coefficient (Wildman–Crippen LogP) is 5.79. The van der Waals surface area contributed by atoms with E-state index in [0.29, 0.717) is 29.7 Å². The normalized spacial score (nSPS) is 15.1. The minimum Gasteiger partial charge on any atom is -0.485 e. The number of ether oxygens (including phenoxy) is 3. The van der Waals surface area contributed by atoms with Gasteiger partial charge >= 0.3 is 0 Å². The second kappa shape index (κ2) is 11.4. The third-order valence-corrected chi connectivity index (χ3v) is 9.15. The zero-order chi connectivity index (χ0) is 27.5. The van der Waals surface area contributed by atoms with E-state index >= 15 is 0 Å². The molecule has 9 heteroatoms. The molecular weight excluding hydrogens is 534 g/mol. The zero-order valence-electron chi connectivity index (χ0n) is 21.8. The topological polar surface area (TPSA) is 91.8 Å². The molecule has 4 aromatic rings. The Morgan fingerprint density at radius 1 is 0.974 bits per heavy atom. The summed E-state index contributed by atoms with van der Waals surface area (Å²) < 4.78 is 41.2. The lowest BCUT2D eigenvalue weighted by atomic mass is 9.86. The van der Waals surface area contributed by atoms with Crippen molar-refractivity contribution in [2.45, 2.75) is 23.3 Å². The van der Waals surface area contributed by atoms with Crippen molar-refractivity contribution in [2.75, 3.05) is 33.2 Å². The summed E-state index contributed by atoms with van der Waals surface area (Å²) in [5.74, 6) is 0.342. The van der Waals surface area contributed by atoms with E-state index < -0.39 is 15.4 Å². The molecule has 5 rings (SSSR count). The van der Waals surface area contributed by atoms with E-state index in [0.717, 1.165) is 34.4 Å². The van der Waals surface area contributed by atoms with Crippen LogP contribution < -0.4 is 4.74 Å². The number of carbonyl (C=O) groups is 1. The van der Waals surface area contributed by atoms with Gasteiger partial charge in [-0.15, -0.1) is 11.3 Å². The number of benzene rings is 3. The second-order valence-corrected chi connectivity index (χ2v) is 12.4. The molecule has 1 saturated heterocycles. The van der Waals surface area contributed by atoms with Crippen molar-refractivity contribution in [1.29, 1.82) is 0 Å². The number of hydrogen-bond donors (Lipinski definition) is 0. The van der Waals surface area contributed by atoms with E-state index in [4.69, 9.17) is 14.2 Å². The number of aromatic nitrogens is 1. The van der Waals surface area contributed by atoms with E-state index in [9.17, 15) is 13.2 Å². The molecule has 0 bridgehead atoms. The van der Waals surface area contributed by atoms with Crippen molar-refractivity contribution in [3.63, 3.8) is 0 Å². The van der Waals surface area contributed by atoms with Crippen LogP contribution in [0.2, 0.25) is 0 Å². The predicted molar refractivity (Wildman–Crippen MR) is 151 cm³/mol. The number of rotatable bonds is 9. The highest BCUT2D eigenvalue weighted by Gasteiger charge is 2.34. The van der Waals surface area contributed by atoms with Gasteiger partial charge < -0.3 is 14.2 Å². The third kappa shape index (κ3) is 5.96. The van der Waals surface area contributed by atoms with Gasteiger partial charge in [-0.25, -0.2) is 13.4 Å². The quantitative estimate of drug-likeness (QED) is 0.238. The largest absolute Gasteiger partial charge is 0.485 e. The lowest BCUT2D eigenvalue weighted by Crippen LogP contribution is -2.35. The maximum absolute atomic E-state index is 13.2. The van der Waals surface area contributed by atoms with Crippen LogP contribution in [0, 0.1) is 0 Å². The minimum absolute atomic E-state index is 0.166. The average Bonchev–Trinajstić information content (AvgIpc) is 3.42. The SMILES string of the molecule is COC1(c2cccc(OCC(=O)c3nc(-c4ccc(S(C)(=O)=O)cc4)c(-c4ccccc4)s3)c2)CCOCC1. The Labute approximate surface area is 232 Å². The molecule has 3 aromatic carbocycles. The Hall–Kier alpha value is -3.37. The van der Waals surface area contributed by atoms with Crippen LogP contribution in [0.15, 0.2) is 83.8 Å². The number of nitrogens with zero attached hydrogens (tertiary/aromatic N) is 1. The Morgan fingerprint density at radius 3 is 2.36 bits per heavy atom. The molecule has 1 aliphatic rings. The zero-order valence-corrected chi connectivity index (χ0v) is 23.4. The van der Waals surface area contributed by atoms with Gasteiger partial charge in [-0.1, -0.05) is 54.6 Å². The van der Waals surface area contributed by atoms with Crippen LogP contribution in [0.4, 0.5) is 0 Å². The number of Topliss-reactive ketones (excluding diaryl/α,β-unsaturated/α-hetero) is 1. The van der Waals surface area contributed by atoms with Gasteiger partial charge in [-0.3, -0.25) is 4.79 Å². The first-order chi connectivity index (χ1) is 18.8. The van der Waals surface area contributed by atoms with Crippen LogP contribution in [-0.4, -0.2) is 52.4 Å². The first-order valence-electron chi connectivity index (χ1n) is 12.6. The van der Waals surface area contributed by atoms with Gasteiger partial charge in [-0.2, -0.15) is 0 Å². The summed E-state index contributed by atoms with van der Waals surface area (Å²) in [5.41, 5.74) is 2.85. The van der Waals surface area contributed by atoms with Crippen LogP contribution in [0.25, 0.3) is 21.7 Å². The maximum atomic E-state index is 13.2. The van der Waals surface area contributed by atoms with Crippen LogP contribution in [0.5, 0.6) is 5.75 Å². The highest BCUT2D eigenvalue weighted by atomic mass is 32.2. The molecule has 0 amide bonds. The highest BCUT2D eigenvalue weighted by molar-refractivity contribution is 7.90. The summed E-state index contributed by atoms with van der Waals surface area (Å²) in [7, 11) is -1.61. The Balaban J connectivity index is 1.40. The number of carbonyl (C=O) groups excluding carboxylic acids is 1. The van der Waals surface area contributed by atoms with E-state index in [1.807, 2.05) is 54.6 Å². The van der Waals surface area contributed by atoms with Crippen molar-refractivity contribution in [3.05, 3.63) is 89.4 Å². The van der Waals surface area contributed by atoms with Crippen molar-refractivity contribution in [2.24, 2.45) is 0 Å². The summed E-state index contributed by atoms with van der Waals surface area (Å²) in [6, 6.07) is 23.9. The van der Waals surface area contributed by atoms with E-state index in [1.54, 1.807) is 31.4 Å². The first-order valence-corrected chi connectivity index (χ1v) is 15.3. The molecule has 0 radical (unpaired) electrons. The third-order valence-electron chi connectivity index (χ3n) is 6.88.